The topological polar surface area (TPSA) is 86.7 Å². The van der Waals surface area contributed by atoms with Crippen molar-refractivity contribution in [3.63, 3.8) is 0 Å². The third kappa shape index (κ3) is 2.88. The van der Waals surface area contributed by atoms with Gasteiger partial charge in [-0.1, -0.05) is 6.42 Å². The van der Waals surface area contributed by atoms with E-state index < -0.39 is 0 Å². The molecule has 0 bridgehead atoms. The van der Waals surface area contributed by atoms with Gasteiger partial charge in [-0.2, -0.15) is 5.10 Å². The number of imidazole rings is 1. The summed E-state index contributed by atoms with van der Waals surface area (Å²) in [6.45, 7) is 1.43. The van der Waals surface area contributed by atoms with Crippen LogP contribution in [0.25, 0.3) is 0 Å². The Morgan fingerprint density at radius 1 is 1.25 bits per heavy atom. The van der Waals surface area contributed by atoms with E-state index in [2.05, 4.69) is 20.0 Å². The van der Waals surface area contributed by atoms with Gasteiger partial charge in [-0.3, -0.25) is 9.36 Å². The Morgan fingerprint density at radius 3 is 3.08 bits per heavy atom. The zero-order valence-corrected chi connectivity index (χ0v) is 13.6. The second kappa shape index (κ2) is 6.26. The molecule has 1 N–H and O–H groups in total. The number of aromatic nitrogens is 5. The van der Waals surface area contributed by atoms with E-state index in [0.717, 1.165) is 56.7 Å². The van der Waals surface area contributed by atoms with E-state index >= 15 is 0 Å². The molecule has 0 aromatic carbocycles. The van der Waals surface area contributed by atoms with Crippen molar-refractivity contribution in [3.8, 4) is 0 Å². The van der Waals surface area contributed by atoms with Crippen LogP contribution in [0.4, 0.5) is 0 Å². The van der Waals surface area contributed by atoms with Crippen molar-refractivity contribution in [2.75, 3.05) is 0 Å². The fourth-order valence-corrected chi connectivity index (χ4v) is 3.62. The minimum atomic E-state index is -0.164. The van der Waals surface area contributed by atoms with Gasteiger partial charge in [-0.05, 0) is 19.3 Å². The fraction of sp³-hybridized carbons (Fsp3) is 0.625. The van der Waals surface area contributed by atoms with Crippen LogP contribution in [0.3, 0.4) is 0 Å². The van der Waals surface area contributed by atoms with Gasteiger partial charge >= 0.3 is 5.69 Å². The second-order valence-electron chi connectivity index (χ2n) is 6.62. The van der Waals surface area contributed by atoms with Crippen molar-refractivity contribution in [1.29, 1.82) is 0 Å². The van der Waals surface area contributed by atoms with Crippen molar-refractivity contribution in [2.24, 2.45) is 0 Å². The highest BCUT2D eigenvalue weighted by Crippen LogP contribution is 2.13. The highest BCUT2D eigenvalue weighted by atomic mass is 16.2. The number of carbonyl (C=O) groups excluding carboxylic acids is 1. The van der Waals surface area contributed by atoms with Gasteiger partial charge < -0.3 is 9.88 Å². The second-order valence-corrected chi connectivity index (χ2v) is 6.62. The first-order chi connectivity index (χ1) is 11.7. The number of amides is 1. The monoisotopic (exact) mass is 330 g/mol. The highest BCUT2D eigenvalue weighted by Gasteiger charge is 2.22. The van der Waals surface area contributed by atoms with E-state index in [0.29, 0.717) is 6.54 Å². The maximum atomic E-state index is 12.4. The van der Waals surface area contributed by atoms with Gasteiger partial charge in [0.05, 0.1) is 0 Å². The number of aryl methyl sites for hydroxylation is 2. The molecule has 4 heterocycles. The molecule has 1 amide bonds. The molecule has 0 saturated heterocycles. The molecule has 128 valence electrons. The SMILES string of the molecule is O=C(Cn1nc2n(c1=O)CCCCC2)NC1CCc2nccn2C1. The molecule has 2 aromatic rings. The lowest BCUT2D eigenvalue weighted by Crippen LogP contribution is -2.43. The van der Waals surface area contributed by atoms with E-state index in [1.54, 1.807) is 10.8 Å². The van der Waals surface area contributed by atoms with Crippen LogP contribution >= 0.6 is 0 Å². The Morgan fingerprint density at radius 2 is 2.17 bits per heavy atom. The average molecular weight is 330 g/mol. The smallest absolute Gasteiger partial charge is 0.346 e. The predicted molar refractivity (Wildman–Crippen MR) is 86.5 cm³/mol. The number of nitrogens with zero attached hydrogens (tertiary/aromatic N) is 5. The zero-order valence-electron chi connectivity index (χ0n) is 13.6. The normalized spacial score (nSPS) is 20.1. The van der Waals surface area contributed by atoms with Gasteiger partial charge in [0.15, 0.2) is 0 Å². The first-order valence-electron chi connectivity index (χ1n) is 8.66. The van der Waals surface area contributed by atoms with Crippen LogP contribution in [0.15, 0.2) is 17.2 Å². The fourth-order valence-electron chi connectivity index (χ4n) is 3.62. The maximum Gasteiger partial charge on any atom is 0.346 e. The molecule has 1 atom stereocenters. The summed E-state index contributed by atoms with van der Waals surface area (Å²) in [7, 11) is 0. The molecular weight excluding hydrogens is 308 g/mol. The number of rotatable bonds is 3. The molecule has 8 nitrogen and oxygen atoms in total. The van der Waals surface area contributed by atoms with Gasteiger partial charge in [-0.25, -0.2) is 14.5 Å². The van der Waals surface area contributed by atoms with Crippen molar-refractivity contribution in [2.45, 2.75) is 64.2 Å². The molecule has 0 fully saturated rings. The van der Waals surface area contributed by atoms with Gasteiger partial charge in [-0.15, -0.1) is 0 Å². The van der Waals surface area contributed by atoms with Crippen LogP contribution in [0.5, 0.6) is 0 Å². The largest absolute Gasteiger partial charge is 0.350 e. The van der Waals surface area contributed by atoms with Crippen LogP contribution in [-0.2, 0) is 37.3 Å². The molecule has 2 aliphatic rings. The Hall–Kier alpha value is -2.38. The van der Waals surface area contributed by atoms with Crippen LogP contribution in [0, 0.1) is 0 Å². The molecule has 1 unspecified atom stereocenters. The summed E-state index contributed by atoms with van der Waals surface area (Å²) in [5.41, 5.74) is -0.164. The molecule has 2 aromatic heterocycles. The Bertz CT molecular complexity index is 802. The summed E-state index contributed by atoms with van der Waals surface area (Å²) in [4.78, 5) is 29.0. The van der Waals surface area contributed by atoms with E-state index in [4.69, 9.17) is 0 Å². The van der Waals surface area contributed by atoms with Gasteiger partial charge in [0.25, 0.3) is 0 Å². The lowest BCUT2D eigenvalue weighted by molar-refractivity contribution is -0.122. The molecule has 24 heavy (non-hydrogen) atoms. The molecule has 0 saturated carbocycles. The Labute approximate surface area is 139 Å². The van der Waals surface area contributed by atoms with Crippen LogP contribution in [-0.4, -0.2) is 35.8 Å². The highest BCUT2D eigenvalue weighted by molar-refractivity contribution is 5.75. The number of hydrogen-bond donors (Lipinski definition) is 1. The summed E-state index contributed by atoms with van der Waals surface area (Å²) >= 11 is 0. The summed E-state index contributed by atoms with van der Waals surface area (Å²) < 4.78 is 5.10. The molecule has 8 heteroatoms. The predicted octanol–water partition coefficient (Wildman–Crippen LogP) is 0.0989. The molecule has 2 aliphatic heterocycles. The quantitative estimate of drug-likeness (QED) is 0.865. The van der Waals surface area contributed by atoms with Gasteiger partial charge in [0.2, 0.25) is 5.91 Å². The molecular formula is C16H22N6O2. The van der Waals surface area contributed by atoms with Crippen molar-refractivity contribution < 1.29 is 4.79 Å². The number of carbonyl (C=O) groups is 1. The van der Waals surface area contributed by atoms with Gasteiger partial charge in [0, 0.05) is 44.4 Å². The third-order valence-electron chi connectivity index (χ3n) is 4.88. The number of fused-ring (bicyclic) bond motifs is 2. The third-order valence-corrected chi connectivity index (χ3v) is 4.88. The maximum absolute atomic E-state index is 12.4. The molecule has 0 radical (unpaired) electrons. The van der Waals surface area contributed by atoms with Crippen molar-refractivity contribution >= 4 is 5.91 Å². The number of hydrogen-bond acceptors (Lipinski definition) is 4. The first-order valence-corrected chi connectivity index (χ1v) is 8.66. The number of nitrogens with one attached hydrogen (secondary N) is 1. The van der Waals surface area contributed by atoms with Crippen molar-refractivity contribution in [1.82, 2.24) is 29.2 Å². The van der Waals surface area contributed by atoms with Crippen LogP contribution in [0.1, 0.15) is 37.3 Å². The van der Waals surface area contributed by atoms with Gasteiger partial charge in [0.1, 0.15) is 18.2 Å². The summed E-state index contributed by atoms with van der Waals surface area (Å²) in [5.74, 6) is 1.72. The lowest BCUT2D eigenvalue weighted by atomic mass is 10.1. The summed E-state index contributed by atoms with van der Waals surface area (Å²) in [5, 5.41) is 7.38. The molecule has 4 rings (SSSR count). The molecule has 0 spiro atoms. The standard InChI is InChI=1S/C16H22N6O2/c23-15(18-12-5-6-13-17-7-9-20(13)10-12)11-22-16(24)21-8-3-1-2-4-14(21)19-22/h7,9,12H,1-6,8,10-11H2,(H,18,23). The Kier molecular flexibility index (Phi) is 3.95. The minimum Gasteiger partial charge on any atom is -0.350 e. The van der Waals surface area contributed by atoms with Crippen LogP contribution in [0.2, 0.25) is 0 Å². The summed E-state index contributed by atoms with van der Waals surface area (Å²) in [6.07, 6.45) is 9.45. The summed E-state index contributed by atoms with van der Waals surface area (Å²) in [6, 6.07) is 0.0790. The van der Waals surface area contributed by atoms with Crippen LogP contribution < -0.4 is 11.0 Å². The zero-order chi connectivity index (χ0) is 16.5. The lowest BCUT2D eigenvalue weighted by Gasteiger charge is -2.24. The average Bonchev–Trinajstić information content (AvgIpc) is 3.05. The van der Waals surface area contributed by atoms with E-state index in [1.807, 2.05) is 6.20 Å². The molecule has 0 aliphatic carbocycles. The first kappa shape index (κ1) is 15.2. The van der Waals surface area contributed by atoms with E-state index in [-0.39, 0.29) is 24.2 Å². The van der Waals surface area contributed by atoms with Crippen molar-refractivity contribution in [3.05, 3.63) is 34.5 Å². The minimum absolute atomic E-state index is 0.00782. The van der Waals surface area contributed by atoms with E-state index in [1.165, 1.54) is 4.68 Å². The van der Waals surface area contributed by atoms with E-state index in [9.17, 15) is 9.59 Å². The Balaban J connectivity index is 1.41.